The van der Waals surface area contributed by atoms with Crippen molar-refractivity contribution in [2.75, 3.05) is 24.2 Å². The number of esters is 1. The van der Waals surface area contributed by atoms with Gasteiger partial charge in [0.1, 0.15) is 6.33 Å². The van der Waals surface area contributed by atoms with Crippen LogP contribution in [-0.4, -0.2) is 29.1 Å². The van der Waals surface area contributed by atoms with Crippen molar-refractivity contribution in [1.29, 1.82) is 0 Å². The largest absolute Gasteiger partial charge is 0.466 e. The number of ether oxygens (including phenoxy) is 1. The van der Waals surface area contributed by atoms with Gasteiger partial charge in [-0.3, -0.25) is 4.79 Å². The Morgan fingerprint density at radius 1 is 1.62 bits per heavy atom. The van der Waals surface area contributed by atoms with E-state index in [9.17, 15) is 4.79 Å². The zero-order valence-corrected chi connectivity index (χ0v) is 9.27. The molecule has 0 aromatic carbocycles. The Labute approximate surface area is 94.2 Å². The lowest BCUT2D eigenvalue weighted by molar-refractivity contribution is -0.143. The highest BCUT2D eigenvalue weighted by Crippen LogP contribution is 2.11. The van der Waals surface area contributed by atoms with Crippen LogP contribution in [0.15, 0.2) is 12.5 Å². The Balaban J connectivity index is 2.21. The number of carbonyl (C=O) groups excluding carboxylic acids is 1. The molecule has 0 radical (unpaired) electrons. The minimum atomic E-state index is -0.181. The molecule has 1 aromatic rings. The number of hydrogen-bond donors (Lipinski definition) is 2. The minimum Gasteiger partial charge on any atom is -0.466 e. The molecule has 0 unspecified atom stereocenters. The summed E-state index contributed by atoms with van der Waals surface area (Å²) in [4.78, 5) is 18.8. The summed E-state index contributed by atoms with van der Waals surface area (Å²) >= 11 is 0. The summed E-state index contributed by atoms with van der Waals surface area (Å²) in [7, 11) is 0. The lowest BCUT2D eigenvalue weighted by Gasteiger charge is -2.06. The third-order valence-corrected chi connectivity index (χ3v) is 1.90. The van der Waals surface area contributed by atoms with Gasteiger partial charge in [-0.1, -0.05) is 0 Å². The number of nitrogens with two attached hydrogens (primary N) is 1. The summed E-state index contributed by atoms with van der Waals surface area (Å²) in [5.41, 5.74) is 6.13. The van der Waals surface area contributed by atoms with E-state index in [0.717, 1.165) is 0 Å². The monoisotopic (exact) mass is 224 g/mol. The molecule has 1 heterocycles. The lowest BCUT2D eigenvalue weighted by Crippen LogP contribution is -2.10. The number of nitrogens with one attached hydrogen (secondary N) is 1. The fraction of sp³-hybridized carbons (Fsp3) is 0.500. The van der Waals surface area contributed by atoms with Crippen molar-refractivity contribution < 1.29 is 9.53 Å². The third kappa shape index (κ3) is 4.12. The number of aromatic nitrogens is 2. The predicted octanol–water partition coefficient (Wildman–Crippen LogP) is 0.814. The summed E-state index contributed by atoms with van der Waals surface area (Å²) in [5.74, 6) is 0.416. The number of nitrogens with zero attached hydrogens (tertiary/aromatic N) is 2. The molecule has 6 nitrogen and oxygen atoms in total. The highest BCUT2D eigenvalue weighted by Gasteiger charge is 2.02. The average molecular weight is 224 g/mol. The standard InChI is InChI=1S/C10H16N4O2/c1-2-16-9(15)4-3-5-13-10-8(11)6-12-7-14-10/h6-7H,2-5,11H2,1H3,(H,12,13,14). The second-order valence-corrected chi connectivity index (χ2v) is 3.16. The molecule has 1 aromatic heterocycles. The molecule has 0 aliphatic heterocycles. The molecular formula is C10H16N4O2. The Bertz CT molecular complexity index is 343. The number of nitrogen functional groups attached to an aromatic ring is 1. The van der Waals surface area contributed by atoms with Crippen molar-refractivity contribution in [3.8, 4) is 0 Å². The van der Waals surface area contributed by atoms with E-state index in [1.165, 1.54) is 12.5 Å². The van der Waals surface area contributed by atoms with E-state index in [0.29, 0.717) is 37.5 Å². The zero-order valence-electron chi connectivity index (χ0n) is 9.27. The van der Waals surface area contributed by atoms with Gasteiger partial charge >= 0.3 is 5.97 Å². The Hall–Kier alpha value is -1.85. The van der Waals surface area contributed by atoms with E-state index in [4.69, 9.17) is 10.5 Å². The maximum Gasteiger partial charge on any atom is 0.305 e. The van der Waals surface area contributed by atoms with Crippen LogP contribution in [0.4, 0.5) is 11.5 Å². The van der Waals surface area contributed by atoms with Crippen LogP contribution in [0.1, 0.15) is 19.8 Å². The van der Waals surface area contributed by atoms with Crippen LogP contribution in [-0.2, 0) is 9.53 Å². The van der Waals surface area contributed by atoms with Crippen molar-refractivity contribution in [3.05, 3.63) is 12.5 Å². The molecule has 0 bridgehead atoms. The van der Waals surface area contributed by atoms with Crippen LogP contribution in [0.2, 0.25) is 0 Å². The summed E-state index contributed by atoms with van der Waals surface area (Å²) in [6.07, 6.45) is 4.03. The van der Waals surface area contributed by atoms with Gasteiger partial charge in [-0.2, -0.15) is 0 Å². The first-order valence-corrected chi connectivity index (χ1v) is 5.19. The van der Waals surface area contributed by atoms with Crippen molar-refractivity contribution in [1.82, 2.24) is 9.97 Å². The summed E-state index contributed by atoms with van der Waals surface area (Å²) in [5, 5.41) is 3.03. The van der Waals surface area contributed by atoms with Gasteiger partial charge in [0.2, 0.25) is 0 Å². The van der Waals surface area contributed by atoms with Crippen molar-refractivity contribution in [3.63, 3.8) is 0 Å². The maximum absolute atomic E-state index is 11.0. The number of carbonyl (C=O) groups is 1. The van der Waals surface area contributed by atoms with E-state index in [-0.39, 0.29) is 5.97 Å². The summed E-state index contributed by atoms with van der Waals surface area (Å²) < 4.78 is 4.80. The van der Waals surface area contributed by atoms with Crippen LogP contribution >= 0.6 is 0 Å². The molecule has 88 valence electrons. The van der Waals surface area contributed by atoms with Gasteiger partial charge in [0.15, 0.2) is 5.82 Å². The molecule has 0 aliphatic rings. The molecule has 0 spiro atoms. The Kier molecular flexibility index (Phi) is 5.04. The van der Waals surface area contributed by atoms with E-state index in [2.05, 4.69) is 15.3 Å². The second-order valence-electron chi connectivity index (χ2n) is 3.16. The fourth-order valence-electron chi connectivity index (χ4n) is 1.16. The van der Waals surface area contributed by atoms with E-state index in [1.807, 2.05) is 0 Å². The molecule has 3 N–H and O–H groups in total. The zero-order chi connectivity index (χ0) is 11.8. The van der Waals surface area contributed by atoms with Crippen LogP contribution in [0.25, 0.3) is 0 Å². The van der Waals surface area contributed by atoms with E-state index < -0.39 is 0 Å². The van der Waals surface area contributed by atoms with Gasteiger partial charge in [-0.25, -0.2) is 9.97 Å². The van der Waals surface area contributed by atoms with Gasteiger partial charge in [0.25, 0.3) is 0 Å². The predicted molar refractivity (Wildman–Crippen MR) is 60.8 cm³/mol. The number of anilines is 2. The highest BCUT2D eigenvalue weighted by atomic mass is 16.5. The highest BCUT2D eigenvalue weighted by molar-refractivity contribution is 5.69. The van der Waals surface area contributed by atoms with Gasteiger partial charge < -0.3 is 15.8 Å². The smallest absolute Gasteiger partial charge is 0.305 e. The Morgan fingerprint density at radius 3 is 3.12 bits per heavy atom. The first kappa shape index (κ1) is 12.2. The average Bonchev–Trinajstić information content (AvgIpc) is 2.27. The molecule has 0 saturated carbocycles. The number of hydrogen-bond acceptors (Lipinski definition) is 6. The number of rotatable bonds is 6. The Morgan fingerprint density at radius 2 is 2.44 bits per heavy atom. The quantitative estimate of drug-likeness (QED) is 0.549. The van der Waals surface area contributed by atoms with Crippen molar-refractivity contribution in [2.24, 2.45) is 0 Å². The molecule has 0 aliphatic carbocycles. The van der Waals surface area contributed by atoms with E-state index >= 15 is 0 Å². The lowest BCUT2D eigenvalue weighted by atomic mass is 10.3. The SMILES string of the molecule is CCOC(=O)CCCNc1ncncc1N. The van der Waals surface area contributed by atoms with Crippen molar-refractivity contribution >= 4 is 17.5 Å². The summed E-state index contributed by atoms with van der Waals surface area (Å²) in [6, 6.07) is 0. The first-order chi connectivity index (χ1) is 7.74. The molecule has 0 saturated heterocycles. The molecule has 0 fully saturated rings. The first-order valence-electron chi connectivity index (χ1n) is 5.19. The third-order valence-electron chi connectivity index (χ3n) is 1.90. The van der Waals surface area contributed by atoms with Gasteiger partial charge in [0, 0.05) is 13.0 Å². The molecule has 1 rings (SSSR count). The van der Waals surface area contributed by atoms with Crippen LogP contribution in [0.5, 0.6) is 0 Å². The topological polar surface area (TPSA) is 90.1 Å². The van der Waals surface area contributed by atoms with Crippen molar-refractivity contribution in [2.45, 2.75) is 19.8 Å². The van der Waals surface area contributed by atoms with E-state index in [1.54, 1.807) is 6.92 Å². The normalized spacial score (nSPS) is 9.81. The molecule has 16 heavy (non-hydrogen) atoms. The van der Waals surface area contributed by atoms with Crippen LogP contribution in [0, 0.1) is 0 Å². The molecular weight excluding hydrogens is 208 g/mol. The van der Waals surface area contributed by atoms with Gasteiger partial charge in [0.05, 0.1) is 18.5 Å². The minimum absolute atomic E-state index is 0.181. The fourth-order valence-corrected chi connectivity index (χ4v) is 1.16. The molecule has 6 heteroatoms. The van der Waals surface area contributed by atoms with Crippen LogP contribution < -0.4 is 11.1 Å². The maximum atomic E-state index is 11.0. The second kappa shape index (κ2) is 6.60. The van der Waals surface area contributed by atoms with Gasteiger partial charge in [-0.15, -0.1) is 0 Å². The molecule has 0 amide bonds. The molecule has 0 atom stereocenters. The van der Waals surface area contributed by atoms with Gasteiger partial charge in [-0.05, 0) is 13.3 Å². The summed E-state index contributed by atoms with van der Waals surface area (Å²) in [6.45, 7) is 2.84. The van der Waals surface area contributed by atoms with Crippen LogP contribution in [0.3, 0.4) is 0 Å².